The lowest BCUT2D eigenvalue weighted by Gasteiger charge is -2.19. The molecule has 0 aliphatic heterocycles. The Morgan fingerprint density at radius 2 is 1.57 bits per heavy atom. The number of benzene rings is 2. The molecule has 1 unspecified atom stereocenters. The Kier molecular flexibility index (Phi) is 12.8. The fourth-order valence-corrected chi connectivity index (χ4v) is 4.51. The van der Waals surface area contributed by atoms with Crippen molar-refractivity contribution in [3.8, 4) is 0 Å². The van der Waals surface area contributed by atoms with Crippen LogP contribution < -0.4 is 0 Å². The molecule has 1 N–H and O–H groups in total. The van der Waals surface area contributed by atoms with E-state index in [-0.39, 0.29) is 18.1 Å². The zero-order valence-corrected chi connectivity index (χ0v) is 22.2. The van der Waals surface area contributed by atoms with Crippen LogP contribution in [0.1, 0.15) is 79.3 Å². The lowest BCUT2D eigenvalue weighted by atomic mass is 9.91. The summed E-state index contributed by atoms with van der Waals surface area (Å²) in [6.07, 6.45) is 9.07. The second-order valence-electron chi connectivity index (χ2n) is 9.31. The number of methoxy groups -OCH3 is 1. The molecule has 0 aliphatic carbocycles. The number of aliphatic hydroxyl groups is 1. The van der Waals surface area contributed by atoms with Crippen molar-refractivity contribution in [1.29, 1.82) is 0 Å². The third kappa shape index (κ3) is 8.94. The molecule has 35 heavy (non-hydrogen) atoms. The Labute approximate surface area is 212 Å². The second kappa shape index (κ2) is 15.5. The van der Waals surface area contributed by atoms with Gasteiger partial charge in [0.05, 0.1) is 18.8 Å². The van der Waals surface area contributed by atoms with Crippen LogP contribution in [0.5, 0.6) is 0 Å². The summed E-state index contributed by atoms with van der Waals surface area (Å²) in [7, 11) is 1.65. The van der Waals surface area contributed by atoms with Crippen LogP contribution in [0.4, 0.5) is 0 Å². The van der Waals surface area contributed by atoms with E-state index in [1.807, 2.05) is 0 Å². The van der Waals surface area contributed by atoms with E-state index in [2.05, 4.69) is 63.7 Å². The molecule has 4 heteroatoms. The van der Waals surface area contributed by atoms with E-state index in [0.29, 0.717) is 6.61 Å². The van der Waals surface area contributed by atoms with Gasteiger partial charge in [0.25, 0.3) is 0 Å². The molecule has 0 radical (unpaired) electrons. The number of unbranched alkanes of at least 4 members (excludes halogenated alkanes) is 2. The predicted octanol–water partition coefficient (Wildman–Crippen LogP) is 6.15. The van der Waals surface area contributed by atoms with Gasteiger partial charge in [0.2, 0.25) is 0 Å². The van der Waals surface area contributed by atoms with Crippen LogP contribution in [0.15, 0.2) is 48.6 Å². The second-order valence-corrected chi connectivity index (χ2v) is 9.31. The molecule has 0 saturated carbocycles. The molecule has 1 atom stereocenters. The summed E-state index contributed by atoms with van der Waals surface area (Å²) in [5, 5.41) is 9.08. The largest absolute Gasteiger partial charge is 0.462 e. The zero-order valence-electron chi connectivity index (χ0n) is 22.2. The molecule has 0 heterocycles. The molecule has 4 nitrogen and oxygen atoms in total. The van der Waals surface area contributed by atoms with E-state index in [0.717, 1.165) is 31.2 Å². The Bertz CT molecular complexity index is 947. The molecule has 192 valence electrons. The van der Waals surface area contributed by atoms with Crippen molar-refractivity contribution >= 4 is 5.97 Å². The molecule has 0 amide bonds. The van der Waals surface area contributed by atoms with Gasteiger partial charge >= 0.3 is 5.97 Å². The highest BCUT2D eigenvalue weighted by molar-refractivity contribution is 5.87. The van der Waals surface area contributed by atoms with Crippen LogP contribution >= 0.6 is 0 Å². The van der Waals surface area contributed by atoms with Crippen molar-refractivity contribution in [3.63, 3.8) is 0 Å². The first kappa shape index (κ1) is 28.8. The number of rotatable bonds is 16. The smallest absolute Gasteiger partial charge is 0.335 e. The third-order valence-electron chi connectivity index (χ3n) is 6.73. The average molecular weight is 481 g/mol. The van der Waals surface area contributed by atoms with Gasteiger partial charge in [-0.3, -0.25) is 0 Å². The highest BCUT2D eigenvalue weighted by Crippen LogP contribution is 2.24. The van der Waals surface area contributed by atoms with Crippen molar-refractivity contribution in [3.05, 3.63) is 81.9 Å². The SMILES string of the molecule is C=C(CO)C(=O)OCC(COC)c1ccc(CCc2ccc(CCCCC)c(CC)c2)c(CC)c1. The highest BCUT2D eigenvalue weighted by Gasteiger charge is 2.17. The van der Waals surface area contributed by atoms with Crippen LogP contribution in [0.2, 0.25) is 0 Å². The van der Waals surface area contributed by atoms with Gasteiger partial charge in [0, 0.05) is 13.0 Å². The monoisotopic (exact) mass is 480 g/mol. The van der Waals surface area contributed by atoms with Crippen LogP contribution in [-0.2, 0) is 46.4 Å². The molecule has 2 aromatic rings. The third-order valence-corrected chi connectivity index (χ3v) is 6.73. The minimum Gasteiger partial charge on any atom is -0.462 e. The van der Waals surface area contributed by atoms with Crippen molar-refractivity contribution in [2.45, 2.75) is 78.1 Å². The van der Waals surface area contributed by atoms with Gasteiger partial charge in [-0.2, -0.15) is 0 Å². The fourth-order valence-electron chi connectivity index (χ4n) is 4.51. The van der Waals surface area contributed by atoms with Gasteiger partial charge in [-0.15, -0.1) is 0 Å². The summed E-state index contributed by atoms with van der Waals surface area (Å²) in [5.74, 6) is -0.633. The number of hydrogen-bond donors (Lipinski definition) is 1. The summed E-state index contributed by atoms with van der Waals surface area (Å²) >= 11 is 0. The van der Waals surface area contributed by atoms with Crippen molar-refractivity contribution in [2.24, 2.45) is 0 Å². The topological polar surface area (TPSA) is 55.8 Å². The lowest BCUT2D eigenvalue weighted by molar-refractivity contribution is -0.140. The van der Waals surface area contributed by atoms with Crippen LogP contribution in [-0.4, -0.2) is 38.0 Å². The average Bonchev–Trinajstić information content (AvgIpc) is 2.89. The molecule has 2 rings (SSSR count). The molecule has 2 aromatic carbocycles. The van der Waals surface area contributed by atoms with E-state index in [1.165, 1.54) is 53.5 Å². The molecular weight excluding hydrogens is 436 g/mol. The van der Waals surface area contributed by atoms with Gasteiger partial charge in [0.15, 0.2) is 0 Å². The summed E-state index contributed by atoms with van der Waals surface area (Å²) in [6.45, 7) is 10.5. The van der Waals surface area contributed by atoms with Crippen molar-refractivity contribution in [1.82, 2.24) is 0 Å². The number of ether oxygens (including phenoxy) is 2. The lowest BCUT2D eigenvalue weighted by Crippen LogP contribution is -2.19. The number of carbonyl (C=O) groups is 1. The van der Waals surface area contributed by atoms with E-state index in [4.69, 9.17) is 14.6 Å². The van der Waals surface area contributed by atoms with E-state index in [1.54, 1.807) is 7.11 Å². The van der Waals surface area contributed by atoms with Gasteiger partial charge in [-0.25, -0.2) is 4.79 Å². The molecular formula is C31H44O4. The number of esters is 1. The summed E-state index contributed by atoms with van der Waals surface area (Å²) in [4.78, 5) is 11.9. The minimum absolute atomic E-state index is 0.0611. The van der Waals surface area contributed by atoms with Crippen molar-refractivity contribution in [2.75, 3.05) is 26.9 Å². The maximum atomic E-state index is 11.9. The summed E-state index contributed by atoms with van der Waals surface area (Å²) in [6, 6.07) is 13.6. The van der Waals surface area contributed by atoms with Gasteiger partial charge in [-0.1, -0.05) is 76.6 Å². The first-order valence-corrected chi connectivity index (χ1v) is 13.1. The van der Waals surface area contributed by atoms with Crippen LogP contribution in [0, 0.1) is 0 Å². The van der Waals surface area contributed by atoms with Gasteiger partial charge < -0.3 is 14.6 Å². The molecule has 0 spiro atoms. The molecule has 0 aliphatic rings. The zero-order chi connectivity index (χ0) is 25.6. The summed E-state index contributed by atoms with van der Waals surface area (Å²) in [5.41, 5.74) is 8.25. The Hall–Kier alpha value is -2.43. The molecule has 0 fully saturated rings. The first-order chi connectivity index (χ1) is 17.0. The Morgan fingerprint density at radius 3 is 2.23 bits per heavy atom. The maximum Gasteiger partial charge on any atom is 0.335 e. The van der Waals surface area contributed by atoms with Crippen LogP contribution in [0.25, 0.3) is 0 Å². The quantitative estimate of drug-likeness (QED) is 0.178. The van der Waals surface area contributed by atoms with E-state index >= 15 is 0 Å². The van der Waals surface area contributed by atoms with Gasteiger partial charge in [0.1, 0.15) is 6.61 Å². The number of aliphatic hydroxyl groups excluding tert-OH is 1. The standard InChI is InChI=1S/C31H44O4/c1-6-9-10-11-27-14-12-24(18-25(27)7-2)13-15-28-16-17-29(19-26(28)8-3)30(21-34-5)22-35-31(33)23(4)20-32/h12,14,16-19,30,32H,4,6-11,13,15,20-22H2,1-3,5H3. The number of aryl methyl sites for hydroxylation is 5. The molecule has 0 aromatic heterocycles. The van der Waals surface area contributed by atoms with E-state index < -0.39 is 12.6 Å². The number of hydrogen-bond acceptors (Lipinski definition) is 4. The number of carbonyl (C=O) groups excluding carboxylic acids is 1. The van der Waals surface area contributed by atoms with Crippen molar-refractivity contribution < 1.29 is 19.4 Å². The molecule has 0 bridgehead atoms. The summed E-state index contributed by atoms with van der Waals surface area (Å²) < 4.78 is 10.7. The Balaban J connectivity index is 2.09. The van der Waals surface area contributed by atoms with Gasteiger partial charge in [-0.05, 0) is 71.9 Å². The normalized spacial score (nSPS) is 11.9. The maximum absolute atomic E-state index is 11.9. The van der Waals surface area contributed by atoms with Crippen LogP contribution in [0.3, 0.4) is 0 Å². The fraction of sp³-hybridized carbons (Fsp3) is 0.516. The minimum atomic E-state index is -0.566. The Morgan fingerprint density at radius 1 is 0.886 bits per heavy atom. The molecule has 0 saturated heterocycles. The first-order valence-electron chi connectivity index (χ1n) is 13.1. The predicted molar refractivity (Wildman–Crippen MR) is 144 cm³/mol. The highest BCUT2D eigenvalue weighted by atomic mass is 16.5. The van der Waals surface area contributed by atoms with E-state index in [9.17, 15) is 4.79 Å².